The quantitative estimate of drug-likeness (QED) is 0.850. The molecule has 0 unspecified atom stereocenters. The SMILES string of the molecule is CC[N]c1ccc(C(F)(F)F)cc1C(N)=O. The lowest BCUT2D eigenvalue weighted by molar-refractivity contribution is -0.137. The average molecular weight is 231 g/mol. The van der Waals surface area contributed by atoms with Crippen LogP contribution in [0.1, 0.15) is 22.8 Å². The molecule has 0 saturated heterocycles. The highest BCUT2D eigenvalue weighted by atomic mass is 19.4. The van der Waals surface area contributed by atoms with Crippen LogP contribution in [0.4, 0.5) is 18.9 Å². The topological polar surface area (TPSA) is 57.2 Å². The highest BCUT2D eigenvalue weighted by Crippen LogP contribution is 2.31. The lowest BCUT2D eigenvalue weighted by Gasteiger charge is -2.10. The molecule has 0 aliphatic carbocycles. The van der Waals surface area contributed by atoms with E-state index in [2.05, 4.69) is 5.32 Å². The van der Waals surface area contributed by atoms with Gasteiger partial charge in [-0.15, -0.1) is 0 Å². The molecule has 0 heterocycles. The van der Waals surface area contributed by atoms with Gasteiger partial charge in [-0.2, -0.15) is 13.2 Å². The average Bonchev–Trinajstić information content (AvgIpc) is 2.16. The molecule has 1 rings (SSSR count). The van der Waals surface area contributed by atoms with Crippen molar-refractivity contribution in [3.05, 3.63) is 29.3 Å². The Morgan fingerprint density at radius 2 is 2.06 bits per heavy atom. The molecule has 0 fully saturated rings. The molecule has 1 radical (unpaired) electrons. The fraction of sp³-hybridized carbons (Fsp3) is 0.300. The second-order valence-electron chi connectivity index (χ2n) is 3.07. The van der Waals surface area contributed by atoms with Crippen LogP contribution in [0.25, 0.3) is 0 Å². The number of benzene rings is 1. The molecule has 0 atom stereocenters. The van der Waals surface area contributed by atoms with Crippen molar-refractivity contribution in [2.45, 2.75) is 13.1 Å². The molecule has 2 N–H and O–H groups in total. The van der Waals surface area contributed by atoms with Crippen LogP contribution in [0.2, 0.25) is 0 Å². The van der Waals surface area contributed by atoms with Crippen molar-refractivity contribution in [2.24, 2.45) is 5.73 Å². The number of carbonyl (C=O) groups excluding carboxylic acids is 1. The third-order valence-corrected chi connectivity index (χ3v) is 1.92. The molecule has 1 amide bonds. The maximum Gasteiger partial charge on any atom is 0.416 e. The Morgan fingerprint density at radius 1 is 1.44 bits per heavy atom. The molecule has 1 aromatic rings. The second-order valence-corrected chi connectivity index (χ2v) is 3.07. The van der Waals surface area contributed by atoms with Gasteiger partial charge in [-0.3, -0.25) is 10.1 Å². The number of amides is 1. The molecule has 0 spiro atoms. The van der Waals surface area contributed by atoms with Crippen molar-refractivity contribution in [2.75, 3.05) is 6.54 Å². The van der Waals surface area contributed by atoms with Crippen molar-refractivity contribution >= 4 is 11.6 Å². The van der Waals surface area contributed by atoms with Crippen molar-refractivity contribution in [3.63, 3.8) is 0 Å². The minimum absolute atomic E-state index is 0.183. The van der Waals surface area contributed by atoms with Crippen molar-refractivity contribution < 1.29 is 18.0 Å². The van der Waals surface area contributed by atoms with Gasteiger partial charge in [0.05, 0.1) is 16.8 Å². The zero-order valence-corrected chi connectivity index (χ0v) is 8.51. The van der Waals surface area contributed by atoms with E-state index in [1.165, 1.54) is 0 Å². The van der Waals surface area contributed by atoms with E-state index < -0.39 is 17.6 Å². The number of halogens is 3. The Bertz CT molecular complexity index is 402. The predicted molar refractivity (Wildman–Crippen MR) is 52.3 cm³/mol. The number of hydrogen-bond acceptors (Lipinski definition) is 1. The molecule has 0 aliphatic rings. The van der Waals surface area contributed by atoms with Crippen LogP contribution in [-0.4, -0.2) is 12.5 Å². The number of nitrogens with two attached hydrogens (primary N) is 1. The summed E-state index contributed by atoms with van der Waals surface area (Å²) in [5.41, 5.74) is 4.06. The molecule has 0 aliphatic heterocycles. The van der Waals surface area contributed by atoms with E-state index in [1.807, 2.05) is 0 Å². The minimum atomic E-state index is -4.49. The molecule has 0 aromatic heterocycles. The van der Waals surface area contributed by atoms with Gasteiger partial charge in [0.2, 0.25) is 0 Å². The summed E-state index contributed by atoms with van der Waals surface area (Å²) >= 11 is 0. The Labute approximate surface area is 90.4 Å². The normalized spacial score (nSPS) is 11.2. The van der Waals surface area contributed by atoms with Gasteiger partial charge in [0.25, 0.3) is 5.91 Å². The lowest BCUT2D eigenvalue weighted by atomic mass is 10.1. The maximum atomic E-state index is 12.4. The maximum absolute atomic E-state index is 12.4. The highest BCUT2D eigenvalue weighted by molar-refractivity contribution is 5.97. The van der Waals surface area contributed by atoms with E-state index in [1.54, 1.807) is 6.92 Å². The standard InChI is InChI=1S/C10H10F3N2O/c1-2-15-8-4-3-6(10(11,12)13)5-7(8)9(14)16/h3-5H,2H2,1H3,(H2,14,16). The Hall–Kier alpha value is -1.72. The molecular formula is C10H10F3N2O. The zero-order valence-electron chi connectivity index (χ0n) is 8.51. The predicted octanol–water partition coefficient (Wildman–Crippen LogP) is 2.06. The van der Waals surface area contributed by atoms with Gasteiger partial charge in [0.1, 0.15) is 0 Å². The summed E-state index contributed by atoms with van der Waals surface area (Å²) < 4.78 is 37.1. The molecule has 0 saturated carbocycles. The Balaban J connectivity index is 3.23. The van der Waals surface area contributed by atoms with Gasteiger partial charge in [-0.25, -0.2) is 0 Å². The molecular weight excluding hydrogens is 221 g/mol. The first kappa shape index (κ1) is 12.4. The smallest absolute Gasteiger partial charge is 0.366 e. The fourth-order valence-electron chi connectivity index (χ4n) is 1.22. The monoisotopic (exact) mass is 231 g/mol. The van der Waals surface area contributed by atoms with Crippen LogP contribution in [0.15, 0.2) is 18.2 Å². The van der Waals surface area contributed by atoms with Gasteiger partial charge in [-0.05, 0) is 25.1 Å². The van der Waals surface area contributed by atoms with Crippen LogP contribution in [0.3, 0.4) is 0 Å². The minimum Gasteiger partial charge on any atom is -0.366 e. The third kappa shape index (κ3) is 2.65. The summed E-state index contributed by atoms with van der Waals surface area (Å²) in [6.45, 7) is 2.08. The Morgan fingerprint density at radius 3 is 2.50 bits per heavy atom. The number of rotatable bonds is 3. The van der Waals surface area contributed by atoms with E-state index >= 15 is 0 Å². The van der Waals surface area contributed by atoms with Gasteiger partial charge >= 0.3 is 6.18 Å². The zero-order chi connectivity index (χ0) is 12.3. The first-order chi connectivity index (χ1) is 7.36. The van der Waals surface area contributed by atoms with Crippen LogP contribution in [0.5, 0.6) is 0 Å². The number of primary amides is 1. The molecule has 6 heteroatoms. The summed E-state index contributed by atoms with van der Waals surface area (Å²) in [4.78, 5) is 11.0. The molecule has 0 bridgehead atoms. The van der Waals surface area contributed by atoms with Gasteiger partial charge in [0, 0.05) is 6.54 Å². The van der Waals surface area contributed by atoms with Gasteiger partial charge in [-0.1, -0.05) is 0 Å². The molecule has 87 valence electrons. The van der Waals surface area contributed by atoms with Crippen molar-refractivity contribution in [1.82, 2.24) is 5.32 Å². The first-order valence-electron chi connectivity index (χ1n) is 4.54. The van der Waals surface area contributed by atoms with Gasteiger partial charge < -0.3 is 5.73 Å². The van der Waals surface area contributed by atoms with E-state index in [-0.39, 0.29) is 11.3 Å². The van der Waals surface area contributed by atoms with Crippen molar-refractivity contribution in [1.29, 1.82) is 0 Å². The Kier molecular flexibility index (Phi) is 3.41. The van der Waals surface area contributed by atoms with E-state index in [0.29, 0.717) is 6.54 Å². The summed E-state index contributed by atoms with van der Waals surface area (Å²) in [5, 5.41) is 3.88. The summed E-state index contributed by atoms with van der Waals surface area (Å²) in [6.07, 6.45) is -4.49. The van der Waals surface area contributed by atoms with Crippen LogP contribution < -0.4 is 11.1 Å². The molecule has 16 heavy (non-hydrogen) atoms. The second kappa shape index (κ2) is 4.42. The van der Waals surface area contributed by atoms with Crippen LogP contribution in [0, 0.1) is 0 Å². The lowest BCUT2D eigenvalue weighted by Crippen LogP contribution is -2.16. The fourth-order valence-corrected chi connectivity index (χ4v) is 1.22. The number of carbonyl (C=O) groups is 1. The summed E-state index contributed by atoms with van der Waals surface area (Å²) in [6, 6.07) is 2.74. The summed E-state index contributed by atoms with van der Waals surface area (Å²) in [5.74, 6) is -0.918. The van der Waals surface area contributed by atoms with E-state index in [4.69, 9.17) is 5.73 Å². The van der Waals surface area contributed by atoms with E-state index in [9.17, 15) is 18.0 Å². The van der Waals surface area contributed by atoms with Crippen molar-refractivity contribution in [3.8, 4) is 0 Å². The highest BCUT2D eigenvalue weighted by Gasteiger charge is 2.31. The van der Waals surface area contributed by atoms with Gasteiger partial charge in [0.15, 0.2) is 0 Å². The molecule has 3 nitrogen and oxygen atoms in total. The van der Waals surface area contributed by atoms with E-state index in [0.717, 1.165) is 18.2 Å². The summed E-state index contributed by atoms with van der Waals surface area (Å²) in [7, 11) is 0. The first-order valence-corrected chi connectivity index (χ1v) is 4.54. The molecule has 1 aromatic carbocycles. The number of nitrogens with zero attached hydrogens (tertiary/aromatic N) is 1. The number of hydrogen-bond donors (Lipinski definition) is 1. The van der Waals surface area contributed by atoms with Crippen LogP contribution >= 0.6 is 0 Å². The number of alkyl halides is 3. The third-order valence-electron chi connectivity index (χ3n) is 1.92. The van der Waals surface area contributed by atoms with Crippen LogP contribution in [-0.2, 0) is 6.18 Å². The largest absolute Gasteiger partial charge is 0.416 e.